The van der Waals surface area contributed by atoms with Crippen LogP contribution in [0.15, 0.2) is 30.9 Å². The van der Waals surface area contributed by atoms with E-state index in [4.69, 9.17) is 16.3 Å². The molecule has 0 bridgehead atoms. The lowest BCUT2D eigenvalue weighted by atomic mass is 9.69. The van der Waals surface area contributed by atoms with E-state index in [9.17, 15) is 9.18 Å². The first-order valence-electron chi connectivity index (χ1n) is 9.82. The van der Waals surface area contributed by atoms with Crippen molar-refractivity contribution >= 4 is 17.6 Å². The van der Waals surface area contributed by atoms with Crippen LogP contribution < -0.4 is 0 Å². The number of benzene rings is 1. The Labute approximate surface area is 160 Å². The van der Waals surface area contributed by atoms with Gasteiger partial charge in [-0.1, -0.05) is 23.7 Å². The molecule has 2 nitrogen and oxygen atoms in total. The van der Waals surface area contributed by atoms with Crippen molar-refractivity contribution in [2.24, 2.45) is 11.8 Å². The van der Waals surface area contributed by atoms with Crippen LogP contribution in [-0.4, -0.2) is 12.1 Å². The summed E-state index contributed by atoms with van der Waals surface area (Å²) in [6.45, 7) is 3.58. The van der Waals surface area contributed by atoms with Crippen molar-refractivity contribution < 1.29 is 13.9 Å². The van der Waals surface area contributed by atoms with Crippen molar-refractivity contribution in [2.45, 2.75) is 69.8 Å². The fraction of sp³-hybridized carbons (Fsp3) is 0.591. The summed E-state index contributed by atoms with van der Waals surface area (Å²) in [7, 11) is 0. The highest BCUT2D eigenvalue weighted by Crippen LogP contribution is 2.43. The van der Waals surface area contributed by atoms with E-state index in [-0.39, 0.29) is 22.9 Å². The number of rotatable bonds is 5. The minimum atomic E-state index is -0.310. The molecule has 0 saturated heterocycles. The predicted octanol–water partition coefficient (Wildman–Crippen LogP) is 6.43. The first kappa shape index (κ1) is 19.4. The Bertz CT molecular complexity index is 629. The molecule has 1 aromatic carbocycles. The van der Waals surface area contributed by atoms with Crippen molar-refractivity contribution in [2.75, 3.05) is 0 Å². The molecular formula is C22H28ClFO2. The van der Waals surface area contributed by atoms with Crippen LogP contribution in [0.2, 0.25) is 5.02 Å². The number of hydrogen-bond donors (Lipinski definition) is 0. The third-order valence-corrected chi connectivity index (χ3v) is 6.49. The van der Waals surface area contributed by atoms with E-state index in [1.54, 1.807) is 18.2 Å². The molecule has 2 fully saturated rings. The summed E-state index contributed by atoms with van der Waals surface area (Å²) < 4.78 is 19.2. The molecule has 0 heterocycles. The number of carbonyl (C=O) groups is 1. The van der Waals surface area contributed by atoms with Gasteiger partial charge >= 0.3 is 5.97 Å². The topological polar surface area (TPSA) is 26.3 Å². The summed E-state index contributed by atoms with van der Waals surface area (Å²) in [5, 5.41) is 0.202. The van der Waals surface area contributed by atoms with Gasteiger partial charge in [-0.15, -0.1) is 6.58 Å². The molecule has 1 aromatic rings. The zero-order chi connectivity index (χ0) is 18.5. The second-order valence-electron chi connectivity index (χ2n) is 7.80. The summed E-state index contributed by atoms with van der Waals surface area (Å²) in [5.41, 5.74) is 1.09. The summed E-state index contributed by atoms with van der Waals surface area (Å²) in [4.78, 5) is 11.6. The lowest BCUT2D eigenvalue weighted by Crippen LogP contribution is -2.29. The minimum absolute atomic E-state index is 0.0899. The molecular weight excluding hydrogens is 351 g/mol. The van der Waals surface area contributed by atoms with Crippen LogP contribution in [0.3, 0.4) is 0 Å². The molecule has 0 unspecified atom stereocenters. The normalized spacial score (nSPS) is 29.2. The second-order valence-corrected chi connectivity index (χ2v) is 8.21. The Balaban J connectivity index is 1.45. The standard InChI is InChI=1S/C22H28ClFO2/c1-2-3-22(25)26-19-11-8-16(9-12-19)15-4-6-17(7-5-15)18-10-13-20(23)21(24)14-18/h2,10,13-17,19H,1,3-9,11-12H2/t15-,16-,17-,19-. The number of ether oxygens (including phenoxy) is 1. The highest BCUT2D eigenvalue weighted by molar-refractivity contribution is 6.30. The minimum Gasteiger partial charge on any atom is -0.462 e. The third kappa shape index (κ3) is 4.88. The first-order valence-corrected chi connectivity index (χ1v) is 10.2. The van der Waals surface area contributed by atoms with Crippen LogP contribution in [0.25, 0.3) is 0 Å². The van der Waals surface area contributed by atoms with Gasteiger partial charge in [0.1, 0.15) is 11.9 Å². The number of hydrogen-bond acceptors (Lipinski definition) is 2. The SMILES string of the molecule is C=CCC(=O)O[C@H]1CC[C@H]([C@H]2CC[C@H](c3ccc(Cl)c(F)c3)CC2)CC1. The average molecular weight is 379 g/mol. The lowest BCUT2D eigenvalue weighted by molar-refractivity contribution is -0.150. The Hall–Kier alpha value is -1.35. The Morgan fingerprint density at radius 1 is 1.12 bits per heavy atom. The van der Waals surface area contributed by atoms with Crippen LogP contribution in [-0.2, 0) is 9.53 Å². The summed E-state index contributed by atoms with van der Waals surface area (Å²) in [6, 6.07) is 5.25. The van der Waals surface area contributed by atoms with Crippen LogP contribution >= 0.6 is 11.6 Å². The molecule has 26 heavy (non-hydrogen) atoms. The quantitative estimate of drug-likeness (QED) is 0.435. The average Bonchev–Trinajstić information content (AvgIpc) is 2.65. The van der Waals surface area contributed by atoms with E-state index < -0.39 is 0 Å². The first-order chi connectivity index (χ1) is 12.6. The predicted molar refractivity (Wildman–Crippen MR) is 103 cm³/mol. The number of carbonyl (C=O) groups excluding carboxylic acids is 1. The van der Waals surface area contributed by atoms with Crippen LogP contribution in [0.4, 0.5) is 4.39 Å². The number of esters is 1. The maximum absolute atomic E-state index is 13.7. The summed E-state index contributed by atoms with van der Waals surface area (Å²) >= 11 is 5.79. The van der Waals surface area contributed by atoms with Gasteiger partial charge in [0, 0.05) is 0 Å². The van der Waals surface area contributed by atoms with Crippen molar-refractivity contribution in [3.63, 3.8) is 0 Å². The van der Waals surface area contributed by atoms with Crippen molar-refractivity contribution in [3.8, 4) is 0 Å². The zero-order valence-electron chi connectivity index (χ0n) is 15.3. The molecule has 0 aliphatic heterocycles. The molecule has 4 heteroatoms. The van der Waals surface area contributed by atoms with E-state index in [1.165, 1.54) is 12.8 Å². The molecule has 0 amide bonds. The molecule has 2 saturated carbocycles. The van der Waals surface area contributed by atoms with Crippen molar-refractivity contribution in [3.05, 3.63) is 47.3 Å². The Morgan fingerprint density at radius 2 is 1.73 bits per heavy atom. The van der Waals surface area contributed by atoms with E-state index in [0.717, 1.165) is 55.9 Å². The fourth-order valence-corrected chi connectivity index (χ4v) is 4.84. The highest BCUT2D eigenvalue weighted by atomic mass is 35.5. The molecule has 0 aromatic heterocycles. The van der Waals surface area contributed by atoms with Gasteiger partial charge in [0.15, 0.2) is 0 Å². The van der Waals surface area contributed by atoms with Crippen LogP contribution in [0.1, 0.15) is 69.3 Å². The van der Waals surface area contributed by atoms with E-state index in [2.05, 4.69) is 6.58 Å². The molecule has 2 aliphatic rings. The van der Waals surface area contributed by atoms with E-state index in [1.807, 2.05) is 6.07 Å². The maximum Gasteiger partial charge on any atom is 0.309 e. The van der Waals surface area contributed by atoms with Gasteiger partial charge < -0.3 is 4.74 Å². The molecule has 0 radical (unpaired) electrons. The van der Waals surface area contributed by atoms with Gasteiger partial charge in [0.05, 0.1) is 11.4 Å². The summed E-state index contributed by atoms with van der Waals surface area (Å²) in [6.07, 6.45) is 10.9. The molecule has 3 rings (SSSR count). The van der Waals surface area contributed by atoms with Crippen molar-refractivity contribution in [1.82, 2.24) is 0 Å². The molecule has 142 valence electrons. The van der Waals surface area contributed by atoms with Gasteiger partial charge in [-0.2, -0.15) is 0 Å². The number of halogens is 2. The summed E-state index contributed by atoms with van der Waals surface area (Å²) in [5.74, 6) is 1.49. The van der Waals surface area contributed by atoms with Gasteiger partial charge in [0.2, 0.25) is 0 Å². The highest BCUT2D eigenvalue weighted by Gasteiger charge is 2.32. The van der Waals surface area contributed by atoms with Gasteiger partial charge in [-0.3, -0.25) is 4.79 Å². The molecule has 0 N–H and O–H groups in total. The fourth-order valence-electron chi connectivity index (χ4n) is 4.72. The monoisotopic (exact) mass is 378 g/mol. The van der Waals surface area contributed by atoms with Gasteiger partial charge in [0.25, 0.3) is 0 Å². The zero-order valence-corrected chi connectivity index (χ0v) is 16.0. The van der Waals surface area contributed by atoms with Gasteiger partial charge in [-0.25, -0.2) is 4.39 Å². The third-order valence-electron chi connectivity index (χ3n) is 6.18. The largest absolute Gasteiger partial charge is 0.462 e. The second kappa shape index (κ2) is 9.03. The molecule has 2 aliphatic carbocycles. The lowest BCUT2D eigenvalue weighted by Gasteiger charge is -2.37. The molecule has 0 spiro atoms. The maximum atomic E-state index is 13.7. The Kier molecular flexibility index (Phi) is 6.74. The van der Waals surface area contributed by atoms with E-state index in [0.29, 0.717) is 12.3 Å². The van der Waals surface area contributed by atoms with Crippen LogP contribution in [0.5, 0.6) is 0 Å². The smallest absolute Gasteiger partial charge is 0.309 e. The van der Waals surface area contributed by atoms with E-state index >= 15 is 0 Å². The van der Waals surface area contributed by atoms with Gasteiger partial charge in [-0.05, 0) is 86.8 Å². The Morgan fingerprint density at radius 3 is 2.31 bits per heavy atom. The molecule has 0 atom stereocenters. The van der Waals surface area contributed by atoms with Crippen LogP contribution in [0, 0.1) is 17.7 Å². The van der Waals surface area contributed by atoms with Crippen molar-refractivity contribution in [1.29, 1.82) is 0 Å².